The van der Waals surface area contributed by atoms with Crippen LogP contribution in [0.1, 0.15) is 16.1 Å². The summed E-state index contributed by atoms with van der Waals surface area (Å²) in [4.78, 5) is 23.9. The fraction of sp³-hybridized carbons (Fsp3) is 0.333. The average molecular weight is 443 g/mol. The highest BCUT2D eigenvalue weighted by Crippen LogP contribution is 2.28. The number of ether oxygens (including phenoxy) is 2. The van der Waals surface area contributed by atoms with Gasteiger partial charge in [0.1, 0.15) is 16.2 Å². The highest BCUT2D eigenvalue weighted by Gasteiger charge is 2.28. The Bertz CT molecular complexity index is 1010. The lowest BCUT2D eigenvalue weighted by Crippen LogP contribution is -2.40. The van der Waals surface area contributed by atoms with Crippen LogP contribution in [0.3, 0.4) is 0 Å². The van der Waals surface area contributed by atoms with Crippen LogP contribution in [0.5, 0.6) is 0 Å². The van der Waals surface area contributed by atoms with Crippen molar-refractivity contribution in [3.8, 4) is 0 Å². The molecule has 2 heterocycles. The number of anilines is 1. The van der Waals surface area contributed by atoms with Gasteiger partial charge >= 0.3 is 5.97 Å². The van der Waals surface area contributed by atoms with Gasteiger partial charge in [-0.15, -0.1) is 0 Å². The Morgan fingerprint density at radius 1 is 1.24 bits per heavy atom. The molecule has 3 rings (SSSR count). The predicted molar refractivity (Wildman–Crippen MR) is 103 cm³/mol. The number of hydrogen-bond donors (Lipinski definition) is 1. The van der Waals surface area contributed by atoms with Crippen LogP contribution in [0.15, 0.2) is 39.8 Å². The summed E-state index contributed by atoms with van der Waals surface area (Å²) in [7, 11) is -3.84. The molecular weight excluding hydrogens is 424 g/mol. The molecule has 1 amide bonds. The molecule has 0 radical (unpaired) electrons. The zero-order valence-electron chi connectivity index (χ0n) is 15.5. The quantitative estimate of drug-likeness (QED) is 0.680. The van der Waals surface area contributed by atoms with Gasteiger partial charge in [0.25, 0.3) is 5.91 Å². The number of carbonyl (C=O) groups excluding carboxylic acids is 2. The lowest BCUT2D eigenvalue weighted by molar-refractivity contribution is -0.119. The first-order valence-corrected chi connectivity index (χ1v) is 10.5. The summed E-state index contributed by atoms with van der Waals surface area (Å²) in [6.07, 6.45) is 1.34. The molecule has 0 unspecified atom stereocenters. The van der Waals surface area contributed by atoms with E-state index in [0.717, 1.165) is 0 Å². The molecule has 0 spiro atoms. The largest absolute Gasteiger partial charge is 0.469 e. The third-order valence-electron chi connectivity index (χ3n) is 4.22. The van der Waals surface area contributed by atoms with E-state index < -0.39 is 28.5 Å². The Hall–Kier alpha value is -2.40. The summed E-state index contributed by atoms with van der Waals surface area (Å²) >= 11 is 6.08. The van der Waals surface area contributed by atoms with Gasteiger partial charge in [0.15, 0.2) is 6.61 Å². The van der Waals surface area contributed by atoms with E-state index in [1.807, 2.05) is 0 Å². The van der Waals surface area contributed by atoms with Gasteiger partial charge in [0.05, 0.1) is 24.5 Å². The van der Waals surface area contributed by atoms with E-state index in [2.05, 4.69) is 5.32 Å². The Kier molecular flexibility index (Phi) is 6.58. The van der Waals surface area contributed by atoms with E-state index in [-0.39, 0.29) is 34.3 Å². The van der Waals surface area contributed by atoms with Gasteiger partial charge in [-0.1, -0.05) is 11.6 Å². The SMILES string of the molecule is Cc1occc1C(=O)OCC(=O)Nc1ccc(Cl)c(S(=O)(=O)N2CCOCC2)c1. The second-order valence-electron chi connectivity index (χ2n) is 6.18. The molecule has 1 aliphatic heterocycles. The van der Waals surface area contributed by atoms with Crippen molar-refractivity contribution in [3.63, 3.8) is 0 Å². The van der Waals surface area contributed by atoms with E-state index in [1.165, 1.54) is 34.8 Å². The third-order valence-corrected chi connectivity index (χ3v) is 6.60. The molecule has 0 saturated carbocycles. The molecule has 1 N–H and O–H groups in total. The van der Waals surface area contributed by atoms with Gasteiger partial charge in [-0.25, -0.2) is 13.2 Å². The number of halogens is 1. The summed E-state index contributed by atoms with van der Waals surface area (Å²) < 4.78 is 42.0. The van der Waals surface area contributed by atoms with Crippen LogP contribution in [-0.4, -0.2) is 57.5 Å². The number of rotatable bonds is 6. The zero-order valence-corrected chi connectivity index (χ0v) is 17.1. The van der Waals surface area contributed by atoms with Crippen molar-refractivity contribution in [3.05, 3.63) is 46.9 Å². The lowest BCUT2D eigenvalue weighted by Gasteiger charge is -2.26. The van der Waals surface area contributed by atoms with Crippen LogP contribution in [0.4, 0.5) is 5.69 Å². The van der Waals surface area contributed by atoms with Gasteiger partial charge in [0.2, 0.25) is 10.0 Å². The monoisotopic (exact) mass is 442 g/mol. The maximum atomic E-state index is 12.8. The number of aryl methyl sites for hydroxylation is 1. The van der Waals surface area contributed by atoms with E-state index >= 15 is 0 Å². The fourth-order valence-electron chi connectivity index (χ4n) is 2.71. The van der Waals surface area contributed by atoms with Crippen molar-refractivity contribution in [2.75, 3.05) is 38.2 Å². The van der Waals surface area contributed by atoms with Crippen LogP contribution in [-0.2, 0) is 24.3 Å². The summed E-state index contributed by atoms with van der Waals surface area (Å²) in [6.45, 7) is 2.10. The second-order valence-corrected chi connectivity index (χ2v) is 8.49. The van der Waals surface area contributed by atoms with Crippen LogP contribution < -0.4 is 5.32 Å². The average Bonchev–Trinajstić information content (AvgIpc) is 3.14. The predicted octanol–water partition coefficient (Wildman–Crippen LogP) is 2.06. The normalized spacial score (nSPS) is 15.1. The molecule has 156 valence electrons. The van der Waals surface area contributed by atoms with Gasteiger partial charge < -0.3 is 19.2 Å². The minimum atomic E-state index is -3.84. The van der Waals surface area contributed by atoms with Gasteiger partial charge in [-0.2, -0.15) is 4.31 Å². The summed E-state index contributed by atoms with van der Waals surface area (Å²) in [5.41, 5.74) is 0.435. The minimum absolute atomic E-state index is 0.0383. The van der Waals surface area contributed by atoms with Crippen LogP contribution >= 0.6 is 11.6 Å². The van der Waals surface area contributed by atoms with Crippen molar-refractivity contribution in [2.45, 2.75) is 11.8 Å². The fourth-order valence-corrected chi connectivity index (χ4v) is 4.62. The van der Waals surface area contributed by atoms with Gasteiger partial charge in [-0.3, -0.25) is 4.79 Å². The van der Waals surface area contributed by atoms with Gasteiger partial charge in [-0.05, 0) is 31.2 Å². The molecular formula is C18H19ClN2O7S. The Labute approximate surface area is 172 Å². The Balaban J connectivity index is 1.67. The number of nitrogens with one attached hydrogen (secondary N) is 1. The molecule has 1 aromatic carbocycles. The first-order chi connectivity index (χ1) is 13.8. The number of carbonyl (C=O) groups is 2. The molecule has 1 fully saturated rings. The van der Waals surface area contributed by atoms with E-state index in [4.69, 9.17) is 25.5 Å². The summed E-state index contributed by atoms with van der Waals surface area (Å²) in [5, 5.41) is 2.53. The van der Waals surface area contributed by atoms with Crippen molar-refractivity contribution in [1.29, 1.82) is 0 Å². The maximum Gasteiger partial charge on any atom is 0.342 e. The molecule has 29 heavy (non-hydrogen) atoms. The number of nitrogens with zero attached hydrogens (tertiary/aromatic N) is 1. The van der Waals surface area contributed by atoms with E-state index in [0.29, 0.717) is 19.0 Å². The zero-order chi connectivity index (χ0) is 21.0. The van der Waals surface area contributed by atoms with Crippen LogP contribution in [0.2, 0.25) is 5.02 Å². The molecule has 1 aliphatic rings. The number of furan rings is 1. The molecule has 0 atom stereocenters. The highest BCUT2D eigenvalue weighted by atomic mass is 35.5. The molecule has 2 aromatic rings. The van der Waals surface area contributed by atoms with Crippen LogP contribution in [0, 0.1) is 6.92 Å². The Morgan fingerprint density at radius 2 is 1.97 bits per heavy atom. The minimum Gasteiger partial charge on any atom is -0.469 e. The number of hydrogen-bond acceptors (Lipinski definition) is 7. The lowest BCUT2D eigenvalue weighted by atomic mass is 10.3. The first-order valence-electron chi connectivity index (χ1n) is 8.67. The van der Waals surface area contributed by atoms with E-state index in [1.54, 1.807) is 6.92 Å². The highest BCUT2D eigenvalue weighted by molar-refractivity contribution is 7.89. The first kappa shape index (κ1) is 21.3. The summed E-state index contributed by atoms with van der Waals surface area (Å²) in [6, 6.07) is 5.55. The summed E-state index contributed by atoms with van der Waals surface area (Å²) in [5.74, 6) is -0.944. The number of esters is 1. The molecule has 1 aromatic heterocycles. The van der Waals surface area contributed by atoms with Crippen molar-refractivity contribution < 1.29 is 31.9 Å². The van der Waals surface area contributed by atoms with Crippen molar-refractivity contribution >= 4 is 39.2 Å². The molecule has 9 nitrogen and oxygen atoms in total. The van der Waals surface area contributed by atoms with E-state index in [9.17, 15) is 18.0 Å². The number of sulfonamides is 1. The molecule has 1 saturated heterocycles. The van der Waals surface area contributed by atoms with Crippen molar-refractivity contribution in [1.82, 2.24) is 4.31 Å². The third kappa shape index (κ3) is 4.96. The number of morpholine rings is 1. The molecule has 0 bridgehead atoms. The van der Waals surface area contributed by atoms with Gasteiger partial charge in [0, 0.05) is 18.8 Å². The standard InChI is InChI=1S/C18H19ClN2O7S/c1-12-14(4-7-27-12)18(23)28-11-17(22)20-13-2-3-15(19)16(10-13)29(24,25)21-5-8-26-9-6-21/h2-4,7,10H,5-6,8-9,11H2,1H3,(H,20,22). The smallest absolute Gasteiger partial charge is 0.342 e. The number of amides is 1. The Morgan fingerprint density at radius 3 is 2.62 bits per heavy atom. The number of benzene rings is 1. The molecule has 0 aliphatic carbocycles. The maximum absolute atomic E-state index is 12.8. The van der Waals surface area contributed by atoms with Crippen LogP contribution in [0.25, 0.3) is 0 Å². The molecule has 11 heteroatoms. The second kappa shape index (κ2) is 8.95. The van der Waals surface area contributed by atoms with Crippen molar-refractivity contribution in [2.24, 2.45) is 0 Å². The topological polar surface area (TPSA) is 115 Å².